The largest absolute Gasteiger partial charge is 0.390 e. The molecule has 5 unspecified atom stereocenters. The minimum Gasteiger partial charge on any atom is -0.390 e. The number of nitrogens with one attached hydrogen (secondary N) is 4. The molecule has 13 nitrogen and oxygen atoms in total. The number of nitrogens with two attached hydrogens (primary N) is 1. The zero-order valence-electron chi connectivity index (χ0n) is 26.8. The first-order chi connectivity index (χ1) is 21.7. The van der Waals surface area contributed by atoms with E-state index in [0.29, 0.717) is 6.42 Å². The molecule has 1 aromatic carbocycles. The van der Waals surface area contributed by atoms with E-state index >= 15 is 0 Å². The molecular formula is C32H45BrN6O7. The zero-order valence-corrected chi connectivity index (χ0v) is 28.4. The van der Waals surface area contributed by atoms with Crippen LogP contribution in [0, 0.1) is 11.8 Å². The fourth-order valence-corrected chi connectivity index (χ4v) is 4.63. The Morgan fingerprint density at radius 3 is 2.15 bits per heavy atom. The van der Waals surface area contributed by atoms with Crippen LogP contribution >= 0.6 is 15.9 Å². The van der Waals surface area contributed by atoms with Gasteiger partial charge >= 0.3 is 0 Å². The van der Waals surface area contributed by atoms with Crippen LogP contribution in [0.4, 0.5) is 0 Å². The van der Waals surface area contributed by atoms with Crippen molar-refractivity contribution in [3.8, 4) is 0 Å². The summed E-state index contributed by atoms with van der Waals surface area (Å²) in [5.74, 6) is -3.35. The molecule has 46 heavy (non-hydrogen) atoms. The molecule has 0 bridgehead atoms. The number of nitrogens with zero attached hydrogens (tertiary/aromatic N) is 1. The smallest absolute Gasteiger partial charge is 0.270 e. The number of primary amides is 1. The number of rotatable bonds is 18. The molecule has 1 aromatic heterocycles. The number of hydrogen-bond acceptors (Lipinski definition) is 8. The lowest BCUT2D eigenvalue weighted by molar-refractivity contribution is -0.132. The van der Waals surface area contributed by atoms with Crippen LogP contribution in [0.5, 0.6) is 0 Å². The van der Waals surface area contributed by atoms with Gasteiger partial charge in [0.25, 0.3) is 5.91 Å². The minimum atomic E-state index is -1.43. The third kappa shape index (κ3) is 13.2. The van der Waals surface area contributed by atoms with Gasteiger partial charge in [0.2, 0.25) is 23.6 Å². The van der Waals surface area contributed by atoms with E-state index < -0.39 is 66.2 Å². The zero-order chi connectivity index (χ0) is 34.4. The fraction of sp³-hybridized carbons (Fsp3) is 0.500. The van der Waals surface area contributed by atoms with Crippen LogP contribution < -0.4 is 27.0 Å². The molecule has 0 radical (unpaired) electrons. The lowest BCUT2D eigenvalue weighted by Gasteiger charge is -2.28. The normalized spacial score (nSPS) is 14.5. The molecule has 0 saturated carbocycles. The molecule has 0 saturated heterocycles. The van der Waals surface area contributed by atoms with Gasteiger partial charge in [-0.2, -0.15) is 0 Å². The second kappa shape index (κ2) is 18.9. The van der Waals surface area contributed by atoms with Crippen LogP contribution in [0.1, 0.15) is 63.5 Å². The molecule has 252 valence electrons. The number of ether oxygens (including phenoxy) is 1. The minimum absolute atomic E-state index is 0.0922. The molecule has 1 heterocycles. The van der Waals surface area contributed by atoms with Crippen molar-refractivity contribution in [1.82, 2.24) is 26.3 Å². The number of amides is 5. The quantitative estimate of drug-likeness (QED) is 0.134. The van der Waals surface area contributed by atoms with E-state index in [-0.39, 0.29) is 30.7 Å². The monoisotopic (exact) mass is 704 g/mol. The number of carbonyl (C=O) groups excluding carboxylic acids is 5. The fourth-order valence-electron chi connectivity index (χ4n) is 4.37. The number of benzene rings is 1. The summed E-state index contributed by atoms with van der Waals surface area (Å²) in [5.41, 5.74) is 6.38. The van der Waals surface area contributed by atoms with Gasteiger partial charge < -0.3 is 36.8 Å². The van der Waals surface area contributed by atoms with Crippen LogP contribution in [0.25, 0.3) is 0 Å². The average Bonchev–Trinajstić information content (AvgIpc) is 2.99. The lowest BCUT2D eigenvalue weighted by Crippen LogP contribution is -2.56. The molecule has 2 rings (SSSR count). The Labute approximate surface area is 277 Å². The highest BCUT2D eigenvalue weighted by molar-refractivity contribution is 9.10. The molecule has 0 aliphatic rings. The summed E-state index contributed by atoms with van der Waals surface area (Å²) in [6, 6.07) is 8.24. The van der Waals surface area contributed by atoms with Crippen molar-refractivity contribution in [2.45, 2.75) is 84.3 Å². The van der Waals surface area contributed by atoms with Crippen molar-refractivity contribution in [1.29, 1.82) is 0 Å². The van der Waals surface area contributed by atoms with Crippen molar-refractivity contribution in [3.63, 3.8) is 0 Å². The summed E-state index contributed by atoms with van der Waals surface area (Å²) >= 11 is 3.38. The molecule has 0 aliphatic carbocycles. The molecule has 5 amide bonds. The molecule has 0 spiro atoms. The Balaban J connectivity index is 2.11. The maximum absolute atomic E-state index is 13.4. The number of aliphatic hydroxyl groups excluding tert-OH is 1. The summed E-state index contributed by atoms with van der Waals surface area (Å²) in [5, 5.41) is 21.5. The Bertz CT molecular complexity index is 1310. The predicted molar refractivity (Wildman–Crippen MR) is 175 cm³/mol. The Kier molecular flexibility index (Phi) is 15.8. The molecular weight excluding hydrogens is 660 g/mol. The van der Waals surface area contributed by atoms with E-state index in [9.17, 15) is 29.1 Å². The van der Waals surface area contributed by atoms with Crippen LogP contribution in [-0.4, -0.2) is 76.5 Å². The number of pyridine rings is 1. The maximum atomic E-state index is 13.4. The van der Waals surface area contributed by atoms with Gasteiger partial charge in [0, 0.05) is 10.7 Å². The number of carbonyl (C=O) groups is 5. The third-order valence-electron chi connectivity index (χ3n) is 6.94. The van der Waals surface area contributed by atoms with E-state index in [1.807, 2.05) is 38.1 Å². The van der Waals surface area contributed by atoms with E-state index in [4.69, 9.17) is 10.5 Å². The van der Waals surface area contributed by atoms with Gasteiger partial charge in [-0.05, 0) is 55.0 Å². The van der Waals surface area contributed by atoms with E-state index in [1.165, 1.54) is 19.2 Å². The van der Waals surface area contributed by atoms with Crippen LogP contribution in [0.15, 0.2) is 53.1 Å². The molecule has 5 atom stereocenters. The van der Waals surface area contributed by atoms with E-state index in [0.717, 1.165) is 10.0 Å². The van der Waals surface area contributed by atoms with Gasteiger partial charge in [-0.25, -0.2) is 0 Å². The van der Waals surface area contributed by atoms with Gasteiger partial charge in [0.1, 0.15) is 23.8 Å². The first kappa shape index (κ1) is 38.3. The second-order valence-corrected chi connectivity index (χ2v) is 12.7. The SMILES string of the molecule is CC(C)CC(NC(=O)C(C)NC(=O)CC(O)C(COCc1ccc(Br)cc1)NC(=O)C(NC(=O)c1ccccn1)C(C)C)C(N)=O. The first-order valence-electron chi connectivity index (χ1n) is 15.1. The molecule has 7 N–H and O–H groups in total. The lowest BCUT2D eigenvalue weighted by atomic mass is 10.0. The Hall–Kier alpha value is -3.88. The van der Waals surface area contributed by atoms with Gasteiger partial charge in [-0.1, -0.05) is 61.8 Å². The number of halogens is 1. The van der Waals surface area contributed by atoms with Crippen LogP contribution in [0.3, 0.4) is 0 Å². The highest BCUT2D eigenvalue weighted by Crippen LogP contribution is 2.13. The summed E-state index contributed by atoms with van der Waals surface area (Å²) in [4.78, 5) is 67.4. The van der Waals surface area contributed by atoms with Crippen LogP contribution in [0.2, 0.25) is 0 Å². The summed E-state index contributed by atoms with van der Waals surface area (Å²) in [6.45, 7) is 8.70. The number of aromatic nitrogens is 1. The Morgan fingerprint density at radius 2 is 1.59 bits per heavy atom. The van der Waals surface area contributed by atoms with Crippen molar-refractivity contribution in [2.75, 3.05) is 6.61 Å². The molecule has 14 heteroatoms. The van der Waals surface area contributed by atoms with Gasteiger partial charge in [-0.15, -0.1) is 0 Å². The van der Waals surface area contributed by atoms with Gasteiger partial charge in [0.15, 0.2) is 0 Å². The third-order valence-corrected chi connectivity index (χ3v) is 7.47. The second-order valence-electron chi connectivity index (χ2n) is 11.8. The Morgan fingerprint density at radius 1 is 0.913 bits per heavy atom. The molecule has 2 aromatic rings. The van der Waals surface area contributed by atoms with E-state index in [2.05, 4.69) is 42.2 Å². The van der Waals surface area contributed by atoms with Crippen molar-refractivity contribution in [3.05, 3.63) is 64.4 Å². The predicted octanol–water partition coefficient (Wildman–Crippen LogP) is 1.57. The standard InChI is InChI=1S/C32H45BrN6O7/c1-18(2)14-24(29(34)42)37-30(43)20(5)36-27(41)15-26(40)25(17-46-16-21-9-11-22(33)12-10-21)38-32(45)28(19(3)4)39-31(44)23-8-6-7-13-35-23/h6-13,18-20,24-26,28,40H,14-17H2,1-5H3,(H2,34,42)(H,36,41)(H,37,43)(H,38,45)(H,39,44). The summed E-state index contributed by atoms with van der Waals surface area (Å²) < 4.78 is 6.70. The van der Waals surface area contributed by atoms with E-state index in [1.54, 1.807) is 26.0 Å². The maximum Gasteiger partial charge on any atom is 0.270 e. The molecule has 0 aliphatic heterocycles. The topological polar surface area (TPSA) is 202 Å². The number of hydrogen-bond donors (Lipinski definition) is 6. The average molecular weight is 706 g/mol. The van der Waals surface area contributed by atoms with Crippen molar-refractivity contribution >= 4 is 45.5 Å². The molecule has 0 fully saturated rings. The van der Waals surface area contributed by atoms with Crippen molar-refractivity contribution in [2.24, 2.45) is 17.6 Å². The first-order valence-corrected chi connectivity index (χ1v) is 15.9. The summed E-state index contributed by atoms with van der Waals surface area (Å²) in [6.07, 6.45) is -0.113. The summed E-state index contributed by atoms with van der Waals surface area (Å²) in [7, 11) is 0. The highest BCUT2D eigenvalue weighted by Gasteiger charge is 2.31. The van der Waals surface area contributed by atoms with Gasteiger partial charge in [-0.3, -0.25) is 29.0 Å². The highest BCUT2D eigenvalue weighted by atomic mass is 79.9. The van der Waals surface area contributed by atoms with Crippen LogP contribution in [-0.2, 0) is 30.5 Å². The van der Waals surface area contributed by atoms with Gasteiger partial charge in [0.05, 0.1) is 31.8 Å². The number of aliphatic hydroxyl groups is 1. The van der Waals surface area contributed by atoms with Crippen molar-refractivity contribution < 1.29 is 33.8 Å².